The van der Waals surface area contributed by atoms with Crippen molar-refractivity contribution in [2.45, 2.75) is 27.0 Å². The molecule has 2 aromatic heterocycles. The van der Waals surface area contributed by atoms with E-state index in [0.717, 1.165) is 28.4 Å². The molecule has 0 saturated heterocycles. The molecule has 0 spiro atoms. The van der Waals surface area contributed by atoms with Crippen LogP contribution in [0.25, 0.3) is 11.0 Å². The minimum Gasteiger partial charge on any atom is -0.487 e. The maximum atomic E-state index is 13.5. The molecule has 29 heavy (non-hydrogen) atoms. The van der Waals surface area contributed by atoms with Gasteiger partial charge in [0.15, 0.2) is 0 Å². The van der Waals surface area contributed by atoms with E-state index in [1.165, 1.54) is 17.7 Å². The molecule has 0 aliphatic carbocycles. The minimum absolute atomic E-state index is 0. The lowest BCUT2D eigenvalue weighted by Crippen LogP contribution is -2.04. The SMILES string of the molecule is Cc1c(C)n(Cc2ccccc2)c2c(OCc3cc(F)cc(F)c3)ccnc12.Cl. The van der Waals surface area contributed by atoms with Crippen LogP contribution < -0.4 is 4.74 Å². The van der Waals surface area contributed by atoms with E-state index in [2.05, 4.69) is 28.6 Å². The van der Waals surface area contributed by atoms with Crippen LogP contribution in [0.1, 0.15) is 22.4 Å². The molecule has 0 saturated carbocycles. The van der Waals surface area contributed by atoms with E-state index in [0.29, 0.717) is 17.9 Å². The Bertz CT molecular complexity index is 1120. The van der Waals surface area contributed by atoms with Crippen molar-refractivity contribution in [1.82, 2.24) is 9.55 Å². The lowest BCUT2D eigenvalue weighted by molar-refractivity contribution is 0.307. The van der Waals surface area contributed by atoms with Crippen LogP contribution >= 0.6 is 12.4 Å². The van der Waals surface area contributed by atoms with Gasteiger partial charge in [-0.2, -0.15) is 0 Å². The van der Waals surface area contributed by atoms with Gasteiger partial charge in [0.2, 0.25) is 0 Å². The largest absolute Gasteiger partial charge is 0.487 e. The Morgan fingerprint density at radius 1 is 0.931 bits per heavy atom. The van der Waals surface area contributed by atoms with Gasteiger partial charge in [-0.3, -0.25) is 4.98 Å². The average Bonchev–Trinajstić information content (AvgIpc) is 2.92. The van der Waals surface area contributed by atoms with E-state index < -0.39 is 11.6 Å². The maximum absolute atomic E-state index is 13.5. The molecular formula is C23H21ClF2N2O. The Labute approximate surface area is 174 Å². The zero-order chi connectivity index (χ0) is 19.7. The topological polar surface area (TPSA) is 27.1 Å². The summed E-state index contributed by atoms with van der Waals surface area (Å²) in [6.07, 6.45) is 1.70. The number of pyridine rings is 1. The fourth-order valence-electron chi connectivity index (χ4n) is 3.45. The van der Waals surface area contributed by atoms with Crippen LogP contribution in [0.3, 0.4) is 0 Å². The molecule has 4 rings (SSSR count). The van der Waals surface area contributed by atoms with Gasteiger partial charge in [0, 0.05) is 30.6 Å². The lowest BCUT2D eigenvalue weighted by atomic mass is 10.2. The molecule has 2 aromatic carbocycles. The highest BCUT2D eigenvalue weighted by Crippen LogP contribution is 2.32. The number of halogens is 3. The summed E-state index contributed by atoms with van der Waals surface area (Å²) in [5, 5.41) is 0. The summed E-state index contributed by atoms with van der Waals surface area (Å²) >= 11 is 0. The average molecular weight is 415 g/mol. The molecule has 0 aliphatic heterocycles. The summed E-state index contributed by atoms with van der Waals surface area (Å²) in [4.78, 5) is 4.53. The van der Waals surface area contributed by atoms with Crippen molar-refractivity contribution in [3.05, 3.63) is 94.8 Å². The molecule has 0 N–H and O–H groups in total. The second-order valence-corrected chi connectivity index (χ2v) is 6.85. The zero-order valence-corrected chi connectivity index (χ0v) is 17.0. The second-order valence-electron chi connectivity index (χ2n) is 6.85. The van der Waals surface area contributed by atoms with Crippen molar-refractivity contribution in [3.8, 4) is 5.75 Å². The molecule has 150 valence electrons. The molecule has 0 unspecified atom stereocenters. The first kappa shape index (κ1) is 20.8. The van der Waals surface area contributed by atoms with Crippen molar-refractivity contribution in [2.75, 3.05) is 0 Å². The van der Waals surface area contributed by atoms with Crippen molar-refractivity contribution >= 4 is 23.4 Å². The van der Waals surface area contributed by atoms with Crippen molar-refractivity contribution in [2.24, 2.45) is 0 Å². The van der Waals surface area contributed by atoms with Gasteiger partial charge in [-0.1, -0.05) is 30.3 Å². The third kappa shape index (κ3) is 4.25. The monoisotopic (exact) mass is 414 g/mol. The fourth-order valence-corrected chi connectivity index (χ4v) is 3.45. The number of benzene rings is 2. The summed E-state index contributed by atoms with van der Waals surface area (Å²) in [5.41, 5.74) is 5.57. The van der Waals surface area contributed by atoms with E-state index >= 15 is 0 Å². The predicted molar refractivity (Wildman–Crippen MR) is 113 cm³/mol. The summed E-state index contributed by atoms with van der Waals surface area (Å²) in [7, 11) is 0. The van der Waals surface area contributed by atoms with Crippen molar-refractivity contribution < 1.29 is 13.5 Å². The van der Waals surface area contributed by atoms with E-state index in [1.54, 1.807) is 12.3 Å². The minimum atomic E-state index is -0.613. The number of aromatic nitrogens is 2. The van der Waals surface area contributed by atoms with Gasteiger partial charge in [0.05, 0.1) is 5.52 Å². The number of hydrogen-bond acceptors (Lipinski definition) is 2. The Morgan fingerprint density at radius 2 is 1.62 bits per heavy atom. The summed E-state index contributed by atoms with van der Waals surface area (Å²) in [5.74, 6) is -0.586. The Morgan fingerprint density at radius 3 is 2.31 bits per heavy atom. The third-order valence-electron chi connectivity index (χ3n) is 4.96. The van der Waals surface area contributed by atoms with Crippen molar-refractivity contribution in [3.63, 3.8) is 0 Å². The standard InChI is InChI=1S/C23H20F2N2O.ClH/c1-15-16(2)27(13-17-6-4-3-5-7-17)23-21(8-9-26-22(15)23)28-14-18-10-19(24)12-20(25)11-18;/h3-12H,13-14H2,1-2H3;1H. The molecule has 0 bridgehead atoms. The highest BCUT2D eigenvalue weighted by atomic mass is 35.5. The van der Waals surface area contributed by atoms with E-state index in [9.17, 15) is 8.78 Å². The van der Waals surface area contributed by atoms with Crippen LogP contribution in [0.4, 0.5) is 8.78 Å². The van der Waals surface area contributed by atoms with Crippen LogP contribution in [0.2, 0.25) is 0 Å². The number of fused-ring (bicyclic) bond motifs is 1. The molecule has 0 atom stereocenters. The lowest BCUT2D eigenvalue weighted by Gasteiger charge is -2.13. The number of aryl methyl sites for hydroxylation is 1. The summed E-state index contributed by atoms with van der Waals surface area (Å²) in [6.45, 7) is 4.86. The predicted octanol–water partition coefficient (Wildman–Crippen LogP) is 5.98. The van der Waals surface area contributed by atoms with Crippen LogP contribution in [-0.2, 0) is 13.2 Å². The fraction of sp³-hybridized carbons (Fsp3) is 0.174. The van der Waals surface area contributed by atoms with Gasteiger partial charge in [-0.15, -0.1) is 12.4 Å². The molecule has 3 nitrogen and oxygen atoms in total. The maximum Gasteiger partial charge on any atom is 0.147 e. The van der Waals surface area contributed by atoms with Crippen LogP contribution in [0.15, 0.2) is 60.8 Å². The zero-order valence-electron chi connectivity index (χ0n) is 16.2. The smallest absolute Gasteiger partial charge is 0.147 e. The molecule has 0 amide bonds. The molecule has 2 heterocycles. The first-order valence-electron chi connectivity index (χ1n) is 9.09. The number of ether oxygens (including phenoxy) is 1. The highest BCUT2D eigenvalue weighted by molar-refractivity contribution is 5.86. The third-order valence-corrected chi connectivity index (χ3v) is 4.96. The summed E-state index contributed by atoms with van der Waals surface area (Å²) in [6, 6.07) is 15.4. The van der Waals surface area contributed by atoms with Crippen molar-refractivity contribution in [1.29, 1.82) is 0 Å². The first-order valence-corrected chi connectivity index (χ1v) is 9.09. The van der Waals surface area contributed by atoms with Gasteiger partial charge in [-0.05, 0) is 42.7 Å². The van der Waals surface area contributed by atoms with Gasteiger partial charge < -0.3 is 9.30 Å². The van der Waals surface area contributed by atoms with E-state index in [1.807, 2.05) is 25.1 Å². The van der Waals surface area contributed by atoms with Gasteiger partial charge in [0.25, 0.3) is 0 Å². The Hall–Kier alpha value is -2.92. The molecule has 0 fully saturated rings. The molecule has 6 heteroatoms. The number of nitrogens with zero attached hydrogens (tertiary/aromatic N) is 2. The molecular weight excluding hydrogens is 394 g/mol. The Balaban J connectivity index is 0.00000240. The molecule has 4 aromatic rings. The first-order chi connectivity index (χ1) is 13.5. The van der Waals surface area contributed by atoms with E-state index in [4.69, 9.17) is 4.74 Å². The normalized spacial score (nSPS) is 10.8. The van der Waals surface area contributed by atoms with E-state index in [-0.39, 0.29) is 19.0 Å². The van der Waals surface area contributed by atoms with Crippen LogP contribution in [-0.4, -0.2) is 9.55 Å². The van der Waals surface area contributed by atoms with Crippen LogP contribution in [0, 0.1) is 25.5 Å². The molecule has 0 radical (unpaired) electrons. The number of rotatable bonds is 5. The summed E-state index contributed by atoms with van der Waals surface area (Å²) < 4.78 is 35.1. The second kappa shape index (κ2) is 8.62. The van der Waals surface area contributed by atoms with Gasteiger partial charge in [0.1, 0.15) is 29.5 Å². The highest BCUT2D eigenvalue weighted by Gasteiger charge is 2.17. The molecule has 0 aliphatic rings. The van der Waals surface area contributed by atoms with Crippen LogP contribution in [0.5, 0.6) is 5.75 Å². The number of hydrogen-bond donors (Lipinski definition) is 0. The quantitative estimate of drug-likeness (QED) is 0.401. The van der Waals surface area contributed by atoms with Gasteiger partial charge >= 0.3 is 0 Å². The van der Waals surface area contributed by atoms with Gasteiger partial charge in [-0.25, -0.2) is 8.78 Å². The Kier molecular flexibility index (Phi) is 6.18.